The Hall–Kier alpha value is -0.650. The lowest BCUT2D eigenvalue weighted by Crippen LogP contribution is -2.44. The topological polar surface area (TPSA) is 86.8 Å². The summed E-state index contributed by atoms with van der Waals surface area (Å²) in [6.07, 6.45) is -1.65. The summed E-state index contributed by atoms with van der Waals surface area (Å²) in [5.74, 6) is -0.115. The van der Waals surface area contributed by atoms with Gasteiger partial charge in [0.25, 0.3) is 0 Å². The lowest BCUT2D eigenvalue weighted by molar-refractivity contribution is -0.139. The Morgan fingerprint density at radius 3 is 2.21 bits per heavy atom. The van der Waals surface area contributed by atoms with Crippen molar-refractivity contribution in [3.8, 4) is 0 Å². The number of hydrogen-bond acceptors (Lipinski definition) is 4. The van der Waals surface area contributed by atoms with Gasteiger partial charge in [0.1, 0.15) is 0 Å². The third kappa shape index (κ3) is 2.05. The predicted molar refractivity (Wildman–Crippen MR) is 51.4 cm³/mol. The molecule has 82 valence electrons. The maximum absolute atomic E-state index is 11.8. The first kappa shape index (κ1) is 11.4. The van der Waals surface area contributed by atoms with Gasteiger partial charge >= 0.3 is 0 Å². The Morgan fingerprint density at radius 2 is 1.86 bits per heavy atom. The first-order valence-corrected chi connectivity index (χ1v) is 4.74. The van der Waals surface area contributed by atoms with Crippen molar-refractivity contribution in [1.82, 2.24) is 4.90 Å². The van der Waals surface area contributed by atoms with E-state index in [9.17, 15) is 15.0 Å². The molecule has 1 saturated heterocycles. The molecule has 0 bridgehead atoms. The lowest BCUT2D eigenvalue weighted by atomic mass is 9.92. The number of aliphatic hydroxyl groups is 2. The number of hydrogen-bond donors (Lipinski definition) is 3. The van der Waals surface area contributed by atoms with Crippen molar-refractivity contribution in [3.63, 3.8) is 0 Å². The summed E-state index contributed by atoms with van der Waals surface area (Å²) < 4.78 is 0. The van der Waals surface area contributed by atoms with Crippen LogP contribution in [0.4, 0.5) is 0 Å². The van der Waals surface area contributed by atoms with Crippen LogP contribution in [0.3, 0.4) is 0 Å². The Morgan fingerprint density at radius 1 is 1.43 bits per heavy atom. The maximum atomic E-state index is 11.8. The smallest absolute Gasteiger partial charge is 0.229 e. The number of carbonyl (C=O) groups excluding carboxylic acids is 1. The molecule has 2 atom stereocenters. The number of carbonyl (C=O) groups is 1. The van der Waals surface area contributed by atoms with E-state index in [0.29, 0.717) is 0 Å². The van der Waals surface area contributed by atoms with Crippen LogP contribution in [0.5, 0.6) is 0 Å². The fourth-order valence-corrected chi connectivity index (χ4v) is 1.45. The minimum Gasteiger partial charge on any atom is -0.388 e. The summed E-state index contributed by atoms with van der Waals surface area (Å²) in [4.78, 5) is 13.3. The molecule has 1 rings (SSSR count). The summed E-state index contributed by atoms with van der Waals surface area (Å²) in [7, 11) is 0. The molecule has 14 heavy (non-hydrogen) atoms. The van der Waals surface area contributed by atoms with Gasteiger partial charge in [-0.05, 0) is 13.8 Å². The second-order valence-electron chi connectivity index (χ2n) is 4.43. The number of nitrogens with two attached hydrogens (primary N) is 1. The molecule has 0 saturated carbocycles. The molecule has 4 N–H and O–H groups in total. The fraction of sp³-hybridized carbons (Fsp3) is 0.889. The van der Waals surface area contributed by atoms with E-state index in [0.717, 1.165) is 0 Å². The molecule has 1 aliphatic heterocycles. The van der Waals surface area contributed by atoms with Gasteiger partial charge in [-0.2, -0.15) is 0 Å². The standard InChI is InChI=1S/C9H18N2O3/c1-9(2,5-10)8(14)11-3-6(12)7(13)4-11/h6-7,12-13H,3-5,10H2,1-2H3/t6-,7+. The summed E-state index contributed by atoms with van der Waals surface area (Å²) in [5.41, 5.74) is 4.85. The lowest BCUT2D eigenvalue weighted by Gasteiger charge is -2.27. The predicted octanol–water partition coefficient (Wildman–Crippen LogP) is -1.46. The number of β-amino-alcohol motifs (C(OH)–C–C–N with tert-alkyl or cyclic N) is 2. The zero-order chi connectivity index (χ0) is 10.9. The average molecular weight is 202 g/mol. The molecule has 1 fully saturated rings. The second kappa shape index (κ2) is 3.84. The van der Waals surface area contributed by atoms with Gasteiger partial charge in [-0.3, -0.25) is 4.79 Å². The zero-order valence-corrected chi connectivity index (χ0v) is 8.60. The van der Waals surface area contributed by atoms with E-state index >= 15 is 0 Å². The van der Waals surface area contributed by atoms with Crippen molar-refractivity contribution >= 4 is 5.91 Å². The fourth-order valence-electron chi connectivity index (χ4n) is 1.45. The van der Waals surface area contributed by atoms with Crippen LogP contribution in [0.2, 0.25) is 0 Å². The van der Waals surface area contributed by atoms with E-state index in [1.165, 1.54) is 4.90 Å². The molecule has 0 aliphatic carbocycles. The highest BCUT2D eigenvalue weighted by molar-refractivity contribution is 5.82. The largest absolute Gasteiger partial charge is 0.388 e. The van der Waals surface area contributed by atoms with E-state index in [2.05, 4.69) is 0 Å². The van der Waals surface area contributed by atoms with Gasteiger partial charge in [0.2, 0.25) is 5.91 Å². The molecule has 0 aromatic rings. The number of aliphatic hydroxyl groups excluding tert-OH is 2. The van der Waals surface area contributed by atoms with E-state index in [1.807, 2.05) is 0 Å². The SMILES string of the molecule is CC(C)(CN)C(=O)N1C[C@@H](O)[C@@H](O)C1. The van der Waals surface area contributed by atoms with Crippen molar-refractivity contribution in [2.24, 2.45) is 11.1 Å². The summed E-state index contributed by atoms with van der Waals surface area (Å²) in [6, 6.07) is 0. The van der Waals surface area contributed by atoms with E-state index < -0.39 is 17.6 Å². The Bertz CT molecular complexity index is 220. The molecule has 0 aromatic carbocycles. The van der Waals surface area contributed by atoms with Crippen LogP contribution in [-0.4, -0.2) is 52.9 Å². The number of likely N-dealkylation sites (tertiary alicyclic amines) is 1. The van der Waals surface area contributed by atoms with Crippen molar-refractivity contribution in [2.45, 2.75) is 26.1 Å². The molecule has 0 aromatic heterocycles. The molecule has 5 heteroatoms. The molecule has 0 radical (unpaired) electrons. The van der Waals surface area contributed by atoms with Gasteiger partial charge in [-0.1, -0.05) is 0 Å². The number of nitrogens with zero attached hydrogens (tertiary/aromatic N) is 1. The highest BCUT2D eigenvalue weighted by Crippen LogP contribution is 2.21. The average Bonchev–Trinajstić information content (AvgIpc) is 2.45. The summed E-state index contributed by atoms with van der Waals surface area (Å²) >= 11 is 0. The second-order valence-corrected chi connectivity index (χ2v) is 4.43. The molecule has 1 aliphatic rings. The third-order valence-corrected chi connectivity index (χ3v) is 2.64. The molecule has 1 amide bonds. The molecule has 0 unspecified atom stereocenters. The number of rotatable bonds is 2. The van der Waals surface area contributed by atoms with Gasteiger partial charge in [-0.25, -0.2) is 0 Å². The third-order valence-electron chi connectivity index (χ3n) is 2.64. The molecule has 1 heterocycles. The van der Waals surface area contributed by atoms with Crippen LogP contribution in [0, 0.1) is 5.41 Å². The van der Waals surface area contributed by atoms with Crippen LogP contribution in [-0.2, 0) is 4.79 Å². The first-order valence-electron chi connectivity index (χ1n) is 4.74. The van der Waals surface area contributed by atoms with Crippen molar-refractivity contribution in [3.05, 3.63) is 0 Å². The summed E-state index contributed by atoms with van der Waals surface area (Å²) in [5, 5.41) is 18.6. The highest BCUT2D eigenvalue weighted by Gasteiger charge is 2.38. The quantitative estimate of drug-likeness (QED) is 0.510. The van der Waals surface area contributed by atoms with Crippen molar-refractivity contribution in [1.29, 1.82) is 0 Å². The minimum absolute atomic E-state index is 0.115. The van der Waals surface area contributed by atoms with Crippen molar-refractivity contribution < 1.29 is 15.0 Å². The van der Waals surface area contributed by atoms with Gasteiger partial charge < -0.3 is 20.8 Å². The molecule has 5 nitrogen and oxygen atoms in total. The summed E-state index contributed by atoms with van der Waals surface area (Å²) in [6.45, 7) is 4.17. The Labute approximate surface area is 83.5 Å². The van der Waals surface area contributed by atoms with E-state index in [4.69, 9.17) is 5.73 Å². The monoisotopic (exact) mass is 202 g/mol. The molecular formula is C9H18N2O3. The first-order chi connectivity index (χ1) is 6.38. The molecular weight excluding hydrogens is 184 g/mol. The highest BCUT2D eigenvalue weighted by atomic mass is 16.3. The van der Waals surface area contributed by atoms with Crippen LogP contribution in [0.25, 0.3) is 0 Å². The Kier molecular flexibility index (Phi) is 3.14. The van der Waals surface area contributed by atoms with Crippen LogP contribution in [0.15, 0.2) is 0 Å². The van der Waals surface area contributed by atoms with Crippen molar-refractivity contribution in [2.75, 3.05) is 19.6 Å². The van der Waals surface area contributed by atoms with E-state index in [1.54, 1.807) is 13.8 Å². The maximum Gasteiger partial charge on any atom is 0.229 e. The van der Waals surface area contributed by atoms with Gasteiger partial charge in [0.15, 0.2) is 0 Å². The molecule has 0 spiro atoms. The van der Waals surface area contributed by atoms with Gasteiger partial charge in [0, 0.05) is 19.6 Å². The van der Waals surface area contributed by atoms with Crippen LogP contribution < -0.4 is 5.73 Å². The van der Waals surface area contributed by atoms with Gasteiger partial charge in [-0.15, -0.1) is 0 Å². The van der Waals surface area contributed by atoms with Gasteiger partial charge in [0.05, 0.1) is 17.6 Å². The Balaban J connectivity index is 2.64. The normalized spacial score (nSPS) is 28.2. The van der Waals surface area contributed by atoms with Crippen LogP contribution >= 0.6 is 0 Å². The van der Waals surface area contributed by atoms with E-state index in [-0.39, 0.29) is 25.5 Å². The number of amides is 1. The minimum atomic E-state index is -0.826. The van der Waals surface area contributed by atoms with Crippen LogP contribution in [0.1, 0.15) is 13.8 Å². The zero-order valence-electron chi connectivity index (χ0n) is 8.60.